The Labute approximate surface area is 97.9 Å². The first-order valence-electron chi connectivity index (χ1n) is 3.76. The highest BCUT2D eigenvalue weighted by molar-refractivity contribution is 14.1. The van der Waals surface area contributed by atoms with Gasteiger partial charge in [0.05, 0.1) is 0 Å². The van der Waals surface area contributed by atoms with Gasteiger partial charge in [-0.05, 0) is 18.0 Å². The summed E-state index contributed by atoms with van der Waals surface area (Å²) in [6.07, 6.45) is -3.41. The van der Waals surface area contributed by atoms with Gasteiger partial charge in [0.15, 0.2) is 6.17 Å². The van der Waals surface area contributed by atoms with Gasteiger partial charge in [-0.1, -0.05) is 29.5 Å². The van der Waals surface area contributed by atoms with E-state index in [0.717, 1.165) is 0 Å². The number of carboxylic acid groups (broad SMARTS) is 1. The van der Waals surface area contributed by atoms with Crippen molar-refractivity contribution in [2.45, 2.75) is 34.7 Å². The first kappa shape index (κ1) is 14.3. The van der Waals surface area contributed by atoms with Gasteiger partial charge in [-0.3, -0.25) is 4.79 Å². The van der Waals surface area contributed by atoms with Crippen LogP contribution in [-0.2, 0) is 4.79 Å². The molecule has 0 heterocycles. The van der Waals surface area contributed by atoms with Crippen LogP contribution in [0.3, 0.4) is 0 Å². The van der Waals surface area contributed by atoms with E-state index >= 15 is 0 Å². The minimum atomic E-state index is -4.01. The summed E-state index contributed by atoms with van der Waals surface area (Å²) in [5, 5.41) is 4.67. The third-order valence-corrected chi connectivity index (χ3v) is 3.70. The summed E-state index contributed by atoms with van der Waals surface area (Å²) in [5.41, 5.74) is 0. The summed E-state index contributed by atoms with van der Waals surface area (Å²) < 4.78 is 35.8. The molecule has 14 heavy (non-hydrogen) atoms. The number of carbonyl (C=O) groups is 1. The summed E-state index contributed by atoms with van der Waals surface area (Å²) in [5.74, 6) is -1.32. The average molecular weight is 344 g/mol. The lowest BCUT2D eigenvalue weighted by atomic mass is 9.99. The van der Waals surface area contributed by atoms with Crippen LogP contribution >= 0.6 is 34.2 Å². The van der Waals surface area contributed by atoms with Crippen molar-refractivity contribution in [3.05, 3.63) is 0 Å². The van der Waals surface area contributed by atoms with Crippen LogP contribution in [0.4, 0.5) is 13.2 Å². The van der Waals surface area contributed by atoms with Crippen molar-refractivity contribution in [1.82, 2.24) is 0 Å². The van der Waals surface area contributed by atoms with Crippen molar-refractivity contribution in [3.8, 4) is 0 Å². The Morgan fingerprint density at radius 1 is 1.64 bits per heavy atom. The summed E-state index contributed by atoms with van der Waals surface area (Å²) >= 11 is 5.90. The molecular weight excluding hydrogens is 335 g/mol. The smallest absolute Gasteiger partial charge is 0.352 e. The van der Waals surface area contributed by atoms with Crippen molar-refractivity contribution < 1.29 is 23.1 Å². The minimum Gasteiger partial charge on any atom is -0.480 e. The van der Waals surface area contributed by atoms with Crippen LogP contribution in [0.5, 0.6) is 0 Å². The number of halogens is 5. The predicted molar refractivity (Wildman–Crippen MR) is 55.0 cm³/mol. The molecule has 0 rings (SSSR count). The van der Waals surface area contributed by atoms with Gasteiger partial charge >= 0.3 is 11.4 Å². The third-order valence-electron chi connectivity index (χ3n) is 1.80. The first-order chi connectivity index (χ1) is 6.13. The van der Waals surface area contributed by atoms with Gasteiger partial charge in [-0.2, -0.15) is 8.78 Å². The fourth-order valence-electron chi connectivity index (χ4n) is 0.783. The molecule has 1 N–H and O–H groups in total. The Bertz CT molecular complexity index is 221. The topological polar surface area (TPSA) is 37.3 Å². The van der Waals surface area contributed by atoms with Gasteiger partial charge < -0.3 is 5.11 Å². The van der Waals surface area contributed by atoms with Crippen LogP contribution in [0.15, 0.2) is 0 Å². The minimum absolute atomic E-state index is 0.0519. The van der Waals surface area contributed by atoms with E-state index in [9.17, 15) is 18.0 Å². The molecule has 0 aromatic heterocycles. The SMILES string of the molecule is CCC(I)(CC(F)C(F)(F)Cl)C(=O)O. The molecule has 2 unspecified atom stereocenters. The quantitative estimate of drug-likeness (QED) is 0.614. The lowest BCUT2D eigenvalue weighted by molar-refractivity contribution is -0.140. The van der Waals surface area contributed by atoms with Gasteiger partial charge in [0.1, 0.15) is 3.42 Å². The molecule has 0 aromatic rings. The van der Waals surface area contributed by atoms with Gasteiger partial charge in [-0.25, -0.2) is 4.39 Å². The molecule has 0 aromatic carbocycles. The lowest BCUT2D eigenvalue weighted by Gasteiger charge is -2.24. The van der Waals surface area contributed by atoms with E-state index in [4.69, 9.17) is 5.11 Å². The van der Waals surface area contributed by atoms with Crippen LogP contribution in [0.2, 0.25) is 0 Å². The van der Waals surface area contributed by atoms with Crippen LogP contribution < -0.4 is 0 Å². The maximum atomic E-state index is 12.8. The predicted octanol–water partition coefficient (Wildman–Crippen LogP) is 3.21. The second kappa shape index (κ2) is 4.87. The van der Waals surface area contributed by atoms with E-state index in [2.05, 4.69) is 11.6 Å². The molecule has 0 amide bonds. The zero-order chi connectivity index (χ0) is 11.6. The Balaban J connectivity index is 4.56. The standard InChI is InChI=1S/C7H9ClF3IO2/c1-2-6(12,5(13)14)3-4(9)7(8,10)11/h4H,2-3H2,1H3,(H,13,14). The molecular formula is C7H9ClF3IO2. The Morgan fingerprint density at radius 2 is 2.07 bits per heavy atom. The molecule has 2 nitrogen and oxygen atoms in total. The summed E-state index contributed by atoms with van der Waals surface area (Å²) in [7, 11) is 0. The molecule has 0 bridgehead atoms. The second-order valence-electron chi connectivity index (χ2n) is 2.84. The average Bonchev–Trinajstić information content (AvgIpc) is 2.02. The molecule has 0 saturated heterocycles. The maximum Gasteiger partial charge on any atom is 0.352 e. The Morgan fingerprint density at radius 3 is 2.29 bits per heavy atom. The molecule has 84 valence electrons. The maximum absolute atomic E-state index is 12.8. The van der Waals surface area contributed by atoms with Crippen molar-refractivity contribution in [2.24, 2.45) is 0 Å². The summed E-state index contributed by atoms with van der Waals surface area (Å²) in [6.45, 7) is 1.49. The van der Waals surface area contributed by atoms with Crippen LogP contribution in [0.25, 0.3) is 0 Å². The van der Waals surface area contributed by atoms with E-state index < -0.39 is 27.4 Å². The zero-order valence-corrected chi connectivity index (χ0v) is 10.2. The van der Waals surface area contributed by atoms with Gasteiger partial charge in [-0.15, -0.1) is 0 Å². The Hall–Kier alpha value is 0.280. The van der Waals surface area contributed by atoms with Crippen LogP contribution in [0.1, 0.15) is 19.8 Å². The molecule has 0 spiro atoms. The number of hydrogen-bond donors (Lipinski definition) is 1. The normalized spacial score (nSPS) is 18.7. The van der Waals surface area contributed by atoms with Gasteiger partial charge in [0, 0.05) is 6.42 Å². The lowest BCUT2D eigenvalue weighted by Crippen LogP contribution is -2.38. The van der Waals surface area contributed by atoms with Crippen LogP contribution in [0, 0.1) is 0 Å². The van der Waals surface area contributed by atoms with E-state index in [1.165, 1.54) is 29.5 Å². The largest absolute Gasteiger partial charge is 0.480 e. The summed E-state index contributed by atoms with van der Waals surface area (Å²) in [6, 6.07) is 0. The fraction of sp³-hybridized carbons (Fsp3) is 0.857. The highest BCUT2D eigenvalue weighted by Gasteiger charge is 2.45. The molecule has 0 radical (unpaired) electrons. The number of alkyl halides is 5. The molecule has 7 heteroatoms. The molecule has 0 aliphatic rings. The Kier molecular flexibility index (Phi) is 4.97. The monoisotopic (exact) mass is 344 g/mol. The molecule has 0 aliphatic heterocycles. The number of aliphatic carboxylic acids is 1. The number of rotatable bonds is 5. The van der Waals surface area contributed by atoms with Crippen molar-refractivity contribution >= 4 is 40.2 Å². The zero-order valence-electron chi connectivity index (χ0n) is 7.24. The first-order valence-corrected chi connectivity index (χ1v) is 5.22. The second-order valence-corrected chi connectivity index (χ2v) is 5.41. The van der Waals surface area contributed by atoms with E-state index in [-0.39, 0.29) is 6.42 Å². The fourth-order valence-corrected chi connectivity index (χ4v) is 1.25. The molecule has 0 saturated carbocycles. The third kappa shape index (κ3) is 3.80. The van der Waals surface area contributed by atoms with E-state index in [1.54, 1.807) is 0 Å². The van der Waals surface area contributed by atoms with Crippen molar-refractivity contribution in [1.29, 1.82) is 0 Å². The summed E-state index contributed by atoms with van der Waals surface area (Å²) in [4.78, 5) is 10.7. The van der Waals surface area contributed by atoms with Crippen molar-refractivity contribution in [3.63, 3.8) is 0 Å². The number of carboxylic acids is 1. The molecule has 2 atom stereocenters. The molecule has 0 fully saturated rings. The number of hydrogen-bond acceptors (Lipinski definition) is 1. The van der Waals surface area contributed by atoms with E-state index in [0.29, 0.717) is 0 Å². The molecule has 0 aliphatic carbocycles. The van der Waals surface area contributed by atoms with Gasteiger partial charge in [0.2, 0.25) is 0 Å². The van der Waals surface area contributed by atoms with E-state index in [1.807, 2.05) is 0 Å². The van der Waals surface area contributed by atoms with Crippen molar-refractivity contribution in [2.75, 3.05) is 0 Å². The highest BCUT2D eigenvalue weighted by atomic mass is 127. The highest BCUT2D eigenvalue weighted by Crippen LogP contribution is 2.37. The van der Waals surface area contributed by atoms with Gasteiger partial charge in [0.25, 0.3) is 0 Å². The van der Waals surface area contributed by atoms with Crippen LogP contribution in [-0.4, -0.2) is 26.1 Å².